The summed E-state index contributed by atoms with van der Waals surface area (Å²) in [5.74, 6) is -0.0603. The van der Waals surface area contributed by atoms with E-state index >= 15 is 0 Å². The van der Waals surface area contributed by atoms with Crippen LogP contribution < -0.4 is 10.1 Å². The minimum Gasteiger partial charge on any atom is -0.491 e. The van der Waals surface area contributed by atoms with Gasteiger partial charge in [-0.3, -0.25) is 9.59 Å². The molecule has 9 nitrogen and oxygen atoms in total. The molecule has 1 fully saturated rings. The zero-order chi connectivity index (χ0) is 27.5. The van der Waals surface area contributed by atoms with Crippen LogP contribution in [0, 0.1) is 5.41 Å². The van der Waals surface area contributed by atoms with E-state index < -0.39 is 23.2 Å². The molecule has 0 bridgehead atoms. The van der Waals surface area contributed by atoms with Gasteiger partial charge in [0.2, 0.25) is 5.91 Å². The van der Waals surface area contributed by atoms with E-state index in [1.165, 1.54) is 5.01 Å². The molecule has 2 atom stereocenters. The van der Waals surface area contributed by atoms with Gasteiger partial charge in [-0.15, -0.1) is 0 Å². The Hall–Kier alpha value is -3.59. The number of benzene rings is 2. The molecular formula is C28H33ClN4O5. The van der Waals surface area contributed by atoms with Gasteiger partial charge in [-0.05, 0) is 51.0 Å². The maximum absolute atomic E-state index is 13.8. The first kappa shape index (κ1) is 27.4. The summed E-state index contributed by atoms with van der Waals surface area (Å²) in [6.07, 6.45) is 0.131. The number of likely N-dealkylation sites (tertiary alicyclic amines) is 1. The first-order valence-electron chi connectivity index (χ1n) is 12.5. The standard InChI is InChI=1S/C28H33ClN4O5/c1-27(2,3)38-26(36)30-22(17-37-21-12-8-11-20(29)15-21)24(34)33-14-13-23-28(18-33,25(35)32(4)31-23)16-19-9-6-5-7-10-19/h5-12,15,22H,13-14,16-18H2,1-4H3,(H,30,36)/t22-,28-/m1/s1. The van der Waals surface area contributed by atoms with E-state index in [2.05, 4.69) is 10.4 Å². The van der Waals surface area contributed by atoms with Gasteiger partial charge in [0.1, 0.15) is 29.4 Å². The van der Waals surface area contributed by atoms with Gasteiger partial charge in [0.15, 0.2) is 0 Å². The lowest BCUT2D eigenvalue weighted by Crippen LogP contribution is -2.60. The quantitative estimate of drug-likeness (QED) is 0.574. The molecule has 2 aromatic rings. The molecule has 0 saturated carbocycles. The summed E-state index contributed by atoms with van der Waals surface area (Å²) in [5.41, 5.74) is 0.0345. The second-order valence-corrected chi connectivity index (χ2v) is 11.0. The number of hydrogen-bond acceptors (Lipinski definition) is 6. The average Bonchev–Trinajstić information content (AvgIpc) is 3.10. The van der Waals surface area contributed by atoms with Crippen molar-refractivity contribution in [1.29, 1.82) is 0 Å². The first-order chi connectivity index (χ1) is 18.0. The van der Waals surface area contributed by atoms with Crippen molar-refractivity contribution in [3.8, 4) is 5.75 Å². The molecular weight excluding hydrogens is 508 g/mol. The van der Waals surface area contributed by atoms with Crippen LogP contribution in [0.4, 0.5) is 4.79 Å². The van der Waals surface area contributed by atoms with Gasteiger partial charge in [0.05, 0.1) is 5.71 Å². The molecule has 10 heteroatoms. The summed E-state index contributed by atoms with van der Waals surface area (Å²) in [6.45, 7) is 5.59. The highest BCUT2D eigenvalue weighted by atomic mass is 35.5. The number of piperidine rings is 1. The molecule has 0 unspecified atom stereocenters. The lowest BCUT2D eigenvalue weighted by molar-refractivity contribution is -0.141. The number of nitrogens with zero attached hydrogens (tertiary/aromatic N) is 3. The molecule has 0 radical (unpaired) electrons. The third-order valence-corrected chi connectivity index (χ3v) is 6.70. The summed E-state index contributed by atoms with van der Waals surface area (Å²) in [4.78, 5) is 41.5. The predicted molar refractivity (Wildman–Crippen MR) is 144 cm³/mol. The van der Waals surface area contributed by atoms with Crippen molar-refractivity contribution in [3.05, 3.63) is 65.2 Å². The number of carbonyl (C=O) groups is 3. The molecule has 4 rings (SSSR count). The fourth-order valence-electron chi connectivity index (χ4n) is 4.80. The van der Waals surface area contributed by atoms with Crippen LogP contribution in [0.3, 0.4) is 0 Å². The molecule has 1 saturated heterocycles. The Bertz CT molecular complexity index is 1230. The maximum Gasteiger partial charge on any atom is 0.408 e. The summed E-state index contributed by atoms with van der Waals surface area (Å²) in [7, 11) is 1.64. The summed E-state index contributed by atoms with van der Waals surface area (Å²) < 4.78 is 11.2. The van der Waals surface area contributed by atoms with E-state index in [9.17, 15) is 14.4 Å². The smallest absolute Gasteiger partial charge is 0.408 e. The number of hydrogen-bond donors (Lipinski definition) is 1. The molecule has 0 spiro atoms. The van der Waals surface area contributed by atoms with E-state index in [0.29, 0.717) is 30.2 Å². The monoisotopic (exact) mass is 540 g/mol. The predicted octanol–water partition coefficient (Wildman–Crippen LogP) is 3.90. The van der Waals surface area contributed by atoms with Crippen molar-refractivity contribution in [2.24, 2.45) is 10.5 Å². The Morgan fingerprint density at radius 1 is 1.16 bits per heavy atom. The van der Waals surface area contributed by atoms with Crippen LogP contribution in [0.5, 0.6) is 5.75 Å². The van der Waals surface area contributed by atoms with Gasteiger partial charge >= 0.3 is 6.09 Å². The minimum absolute atomic E-state index is 0.143. The van der Waals surface area contributed by atoms with Crippen LogP contribution in [0.1, 0.15) is 32.8 Å². The highest BCUT2D eigenvalue weighted by Gasteiger charge is 2.54. The van der Waals surface area contributed by atoms with Gasteiger partial charge in [-0.25, -0.2) is 9.80 Å². The minimum atomic E-state index is -1.05. The van der Waals surface area contributed by atoms with Gasteiger partial charge < -0.3 is 19.7 Å². The molecule has 202 valence electrons. The van der Waals surface area contributed by atoms with Crippen molar-refractivity contribution in [2.75, 3.05) is 26.7 Å². The molecule has 1 N–H and O–H groups in total. The molecule has 38 heavy (non-hydrogen) atoms. The SMILES string of the molecule is CN1N=C2CCN(C(=O)[C@@H](COc3cccc(Cl)c3)NC(=O)OC(C)(C)C)C[C@@]2(Cc2ccccc2)C1=O. The van der Waals surface area contributed by atoms with E-state index in [0.717, 1.165) is 11.3 Å². The maximum atomic E-state index is 13.8. The second kappa shape index (κ2) is 11.0. The third kappa shape index (κ3) is 6.27. The van der Waals surface area contributed by atoms with Crippen LogP contribution in [0.25, 0.3) is 0 Å². The highest BCUT2D eigenvalue weighted by molar-refractivity contribution is 6.30. The molecule has 3 amide bonds. The van der Waals surface area contributed by atoms with Crippen molar-refractivity contribution >= 4 is 35.2 Å². The molecule has 2 heterocycles. The molecule has 0 aliphatic carbocycles. The van der Waals surface area contributed by atoms with E-state index in [-0.39, 0.29) is 25.0 Å². The summed E-state index contributed by atoms with van der Waals surface area (Å²) >= 11 is 6.07. The zero-order valence-corrected chi connectivity index (χ0v) is 22.8. The first-order valence-corrected chi connectivity index (χ1v) is 12.9. The van der Waals surface area contributed by atoms with Crippen LogP contribution >= 0.6 is 11.6 Å². The largest absolute Gasteiger partial charge is 0.491 e. The van der Waals surface area contributed by atoms with Crippen LogP contribution in [-0.2, 0) is 20.7 Å². The Morgan fingerprint density at radius 2 is 1.89 bits per heavy atom. The lowest BCUT2D eigenvalue weighted by Gasteiger charge is -2.40. The number of fused-ring (bicyclic) bond motifs is 1. The topological polar surface area (TPSA) is 101 Å². The fraction of sp³-hybridized carbons (Fsp3) is 0.429. The Balaban J connectivity index is 1.57. The normalized spacial score (nSPS) is 19.9. The van der Waals surface area contributed by atoms with Crippen LogP contribution in [0.2, 0.25) is 5.02 Å². The van der Waals surface area contributed by atoms with Gasteiger partial charge in [0, 0.05) is 31.6 Å². The number of hydrazone groups is 1. The van der Waals surface area contributed by atoms with Crippen molar-refractivity contribution < 1.29 is 23.9 Å². The molecule has 0 aromatic heterocycles. The Labute approximate surface area is 227 Å². The van der Waals surface area contributed by atoms with Gasteiger partial charge in [-0.1, -0.05) is 48.0 Å². The fourth-order valence-corrected chi connectivity index (χ4v) is 4.98. The Morgan fingerprint density at radius 3 is 2.58 bits per heavy atom. The number of nitrogens with one attached hydrogen (secondary N) is 1. The van der Waals surface area contributed by atoms with Gasteiger partial charge in [-0.2, -0.15) is 5.10 Å². The number of halogens is 1. The number of rotatable bonds is 7. The van der Waals surface area contributed by atoms with Crippen LogP contribution in [0.15, 0.2) is 59.7 Å². The van der Waals surface area contributed by atoms with Crippen LogP contribution in [-0.4, -0.2) is 71.9 Å². The summed E-state index contributed by atoms with van der Waals surface area (Å²) in [6, 6.07) is 15.4. The van der Waals surface area contributed by atoms with Crippen molar-refractivity contribution in [2.45, 2.75) is 45.3 Å². The lowest BCUT2D eigenvalue weighted by atomic mass is 9.73. The average molecular weight is 541 g/mol. The van der Waals surface area contributed by atoms with E-state index in [1.54, 1.807) is 57.0 Å². The molecule has 2 aliphatic heterocycles. The second-order valence-electron chi connectivity index (χ2n) is 10.6. The number of ether oxygens (including phenoxy) is 2. The van der Waals surface area contributed by atoms with Gasteiger partial charge in [0.25, 0.3) is 5.91 Å². The summed E-state index contributed by atoms with van der Waals surface area (Å²) in [5, 5.41) is 9.02. The number of alkyl carbamates (subject to hydrolysis) is 1. The number of carbonyl (C=O) groups excluding carboxylic acids is 3. The van der Waals surface area contributed by atoms with Crippen molar-refractivity contribution in [1.82, 2.24) is 15.2 Å². The third-order valence-electron chi connectivity index (χ3n) is 6.47. The molecule has 2 aliphatic rings. The Kier molecular flexibility index (Phi) is 7.97. The highest BCUT2D eigenvalue weighted by Crippen LogP contribution is 2.38. The zero-order valence-electron chi connectivity index (χ0n) is 22.1. The van der Waals surface area contributed by atoms with E-state index in [1.807, 2.05) is 30.3 Å². The van der Waals surface area contributed by atoms with Crippen molar-refractivity contribution in [3.63, 3.8) is 0 Å². The molecule has 2 aromatic carbocycles. The van der Waals surface area contributed by atoms with E-state index in [4.69, 9.17) is 21.1 Å². The number of amides is 3.